The lowest BCUT2D eigenvalue weighted by molar-refractivity contribution is -0.384. The minimum Gasteiger partial charge on any atom is -0.396 e. The maximum Gasteiger partial charge on any atom is 0.276 e. The van der Waals surface area contributed by atoms with Crippen molar-refractivity contribution in [3.63, 3.8) is 0 Å². The van der Waals surface area contributed by atoms with Crippen molar-refractivity contribution in [2.75, 3.05) is 23.9 Å². The Labute approximate surface area is 104 Å². The Hall–Kier alpha value is -1.93. The fourth-order valence-electron chi connectivity index (χ4n) is 1.17. The number of anilines is 2. The van der Waals surface area contributed by atoms with Crippen LogP contribution in [0.5, 0.6) is 0 Å². The lowest BCUT2D eigenvalue weighted by atomic mass is 9.95. The van der Waals surface area contributed by atoms with Gasteiger partial charge < -0.3 is 15.8 Å². The summed E-state index contributed by atoms with van der Waals surface area (Å²) in [5.74, 6) is 5.73. The van der Waals surface area contributed by atoms with E-state index < -0.39 is 4.92 Å². The monoisotopic (exact) mass is 255 g/mol. The van der Waals surface area contributed by atoms with Crippen LogP contribution in [0.2, 0.25) is 0 Å². The molecule has 0 amide bonds. The molecule has 8 heteroatoms. The van der Waals surface area contributed by atoms with Gasteiger partial charge in [0.1, 0.15) is 11.6 Å². The summed E-state index contributed by atoms with van der Waals surface area (Å²) in [6.45, 7) is 4.15. The van der Waals surface area contributed by atoms with E-state index in [0.717, 1.165) is 0 Å². The fraction of sp³-hybridized carbons (Fsp3) is 0.500. The molecule has 0 atom stereocenters. The highest BCUT2D eigenvalue weighted by atomic mass is 16.6. The zero-order chi connectivity index (χ0) is 13.8. The summed E-state index contributed by atoms with van der Waals surface area (Å²) < 4.78 is 0. The molecule has 5 N–H and O–H groups in total. The molecule has 1 aromatic heterocycles. The summed E-state index contributed by atoms with van der Waals surface area (Å²) in [5.41, 5.74) is 1.82. The minimum atomic E-state index is -0.523. The number of aliphatic hydroxyl groups is 1. The number of aliphatic hydroxyl groups excluding tert-OH is 1. The van der Waals surface area contributed by atoms with E-state index in [2.05, 4.69) is 15.7 Å². The topological polar surface area (TPSA) is 126 Å². The molecule has 1 heterocycles. The lowest BCUT2D eigenvalue weighted by Gasteiger charge is -2.22. The molecule has 0 unspecified atom stereocenters. The minimum absolute atomic E-state index is 0.00305. The Kier molecular flexibility index (Phi) is 4.40. The molecule has 1 rings (SSSR count). The van der Waals surface area contributed by atoms with Gasteiger partial charge in [0, 0.05) is 18.6 Å². The van der Waals surface area contributed by atoms with Crippen molar-refractivity contribution in [1.29, 1.82) is 0 Å². The molecule has 0 aliphatic heterocycles. The number of hydrazine groups is 1. The van der Waals surface area contributed by atoms with Gasteiger partial charge in [-0.05, 0) is 0 Å². The van der Waals surface area contributed by atoms with Crippen LogP contribution in [-0.4, -0.2) is 28.2 Å². The fourth-order valence-corrected chi connectivity index (χ4v) is 1.17. The first-order valence-electron chi connectivity index (χ1n) is 5.36. The van der Waals surface area contributed by atoms with Gasteiger partial charge in [0.2, 0.25) is 0 Å². The molecule has 0 fully saturated rings. The van der Waals surface area contributed by atoms with E-state index in [-0.39, 0.29) is 23.5 Å². The first kappa shape index (κ1) is 14.1. The van der Waals surface area contributed by atoms with Crippen molar-refractivity contribution in [2.24, 2.45) is 11.3 Å². The third-order valence-corrected chi connectivity index (χ3v) is 2.34. The summed E-state index contributed by atoms with van der Waals surface area (Å²) in [6.07, 6.45) is 0. The highest BCUT2D eigenvalue weighted by Crippen LogP contribution is 2.21. The maximum absolute atomic E-state index is 10.7. The van der Waals surface area contributed by atoms with Crippen molar-refractivity contribution in [1.82, 2.24) is 4.98 Å². The predicted octanol–water partition coefficient (Wildman–Crippen LogP) is 0.706. The second-order valence-corrected chi connectivity index (χ2v) is 4.67. The molecule has 0 aliphatic carbocycles. The van der Waals surface area contributed by atoms with E-state index in [4.69, 9.17) is 10.9 Å². The zero-order valence-corrected chi connectivity index (χ0v) is 10.3. The van der Waals surface area contributed by atoms with Crippen molar-refractivity contribution >= 4 is 17.3 Å². The van der Waals surface area contributed by atoms with Gasteiger partial charge in [-0.1, -0.05) is 13.8 Å². The van der Waals surface area contributed by atoms with Crippen molar-refractivity contribution in [3.05, 3.63) is 22.2 Å². The van der Waals surface area contributed by atoms with Gasteiger partial charge in [-0.2, -0.15) is 0 Å². The molecule has 100 valence electrons. The third kappa shape index (κ3) is 3.82. The Morgan fingerprint density at radius 2 is 2.11 bits per heavy atom. The summed E-state index contributed by atoms with van der Waals surface area (Å²) in [5, 5.41) is 22.8. The van der Waals surface area contributed by atoms with Gasteiger partial charge in [0.15, 0.2) is 0 Å². The molecule has 0 bridgehead atoms. The number of nitrogens with one attached hydrogen (secondary N) is 2. The SMILES string of the molecule is CC(C)(CO)CNc1cc([N+](=O)[O-])cc(NN)n1. The smallest absolute Gasteiger partial charge is 0.276 e. The van der Waals surface area contributed by atoms with E-state index in [1.165, 1.54) is 12.1 Å². The normalized spacial score (nSPS) is 11.1. The maximum atomic E-state index is 10.7. The molecule has 8 nitrogen and oxygen atoms in total. The van der Waals surface area contributed by atoms with Crippen LogP contribution < -0.4 is 16.6 Å². The number of hydrogen-bond acceptors (Lipinski definition) is 7. The molecular formula is C10H17N5O3. The average Bonchev–Trinajstić information content (AvgIpc) is 2.36. The van der Waals surface area contributed by atoms with Crippen molar-refractivity contribution in [2.45, 2.75) is 13.8 Å². The number of rotatable bonds is 6. The quantitative estimate of drug-likeness (QED) is 0.335. The molecule has 18 heavy (non-hydrogen) atoms. The second kappa shape index (κ2) is 5.61. The van der Waals surface area contributed by atoms with Crippen LogP contribution in [0.1, 0.15) is 13.8 Å². The van der Waals surface area contributed by atoms with E-state index in [1.807, 2.05) is 13.8 Å². The molecular weight excluding hydrogens is 238 g/mol. The molecule has 0 aromatic carbocycles. The van der Waals surface area contributed by atoms with E-state index in [9.17, 15) is 10.1 Å². The van der Waals surface area contributed by atoms with Gasteiger partial charge in [-0.25, -0.2) is 10.8 Å². The number of nitro groups is 1. The van der Waals surface area contributed by atoms with Gasteiger partial charge in [-0.3, -0.25) is 10.1 Å². The molecule has 0 aliphatic rings. The Balaban J connectivity index is 2.88. The van der Waals surface area contributed by atoms with E-state index in [1.54, 1.807) is 0 Å². The molecule has 0 saturated carbocycles. The predicted molar refractivity (Wildman–Crippen MR) is 68.1 cm³/mol. The van der Waals surface area contributed by atoms with Crippen molar-refractivity contribution < 1.29 is 10.0 Å². The zero-order valence-electron chi connectivity index (χ0n) is 10.3. The van der Waals surface area contributed by atoms with Crippen LogP contribution in [0.3, 0.4) is 0 Å². The Bertz CT molecular complexity index is 436. The number of hydrogen-bond donors (Lipinski definition) is 4. The summed E-state index contributed by atoms with van der Waals surface area (Å²) in [7, 11) is 0. The van der Waals surface area contributed by atoms with Crippen molar-refractivity contribution in [3.8, 4) is 0 Å². The van der Waals surface area contributed by atoms with Crippen LogP contribution >= 0.6 is 0 Å². The van der Waals surface area contributed by atoms with Crippen LogP contribution in [0, 0.1) is 15.5 Å². The molecule has 0 spiro atoms. The van der Waals surface area contributed by atoms with Crippen LogP contribution in [0.25, 0.3) is 0 Å². The first-order valence-corrected chi connectivity index (χ1v) is 5.36. The Morgan fingerprint density at radius 1 is 1.50 bits per heavy atom. The number of nitrogens with two attached hydrogens (primary N) is 1. The van der Waals surface area contributed by atoms with Crippen LogP contribution in [0.4, 0.5) is 17.3 Å². The van der Waals surface area contributed by atoms with Crippen LogP contribution in [-0.2, 0) is 0 Å². The van der Waals surface area contributed by atoms with Gasteiger partial charge in [-0.15, -0.1) is 0 Å². The van der Waals surface area contributed by atoms with Gasteiger partial charge in [0.05, 0.1) is 17.1 Å². The average molecular weight is 255 g/mol. The third-order valence-electron chi connectivity index (χ3n) is 2.34. The highest BCUT2D eigenvalue weighted by Gasteiger charge is 2.17. The Morgan fingerprint density at radius 3 is 2.61 bits per heavy atom. The number of pyridine rings is 1. The molecule has 0 saturated heterocycles. The summed E-state index contributed by atoms with van der Waals surface area (Å²) in [6, 6.07) is 2.55. The molecule has 0 radical (unpaired) electrons. The summed E-state index contributed by atoms with van der Waals surface area (Å²) in [4.78, 5) is 14.2. The van der Waals surface area contributed by atoms with Gasteiger partial charge in [0.25, 0.3) is 5.69 Å². The second-order valence-electron chi connectivity index (χ2n) is 4.67. The molecule has 1 aromatic rings. The van der Waals surface area contributed by atoms with Crippen LogP contribution in [0.15, 0.2) is 12.1 Å². The summed E-state index contributed by atoms with van der Waals surface area (Å²) >= 11 is 0. The largest absolute Gasteiger partial charge is 0.396 e. The first-order chi connectivity index (χ1) is 8.38. The van der Waals surface area contributed by atoms with E-state index >= 15 is 0 Å². The lowest BCUT2D eigenvalue weighted by Crippen LogP contribution is -2.27. The van der Waals surface area contributed by atoms with Gasteiger partial charge >= 0.3 is 0 Å². The number of nitrogens with zero attached hydrogens (tertiary/aromatic N) is 2. The number of aromatic nitrogens is 1. The number of nitrogen functional groups attached to an aromatic ring is 1. The van der Waals surface area contributed by atoms with E-state index in [0.29, 0.717) is 12.4 Å². The standard InChI is InChI=1S/C10H17N5O3/c1-10(2,6-16)5-12-8-3-7(15(17)18)4-9(13-8)14-11/h3-4,16H,5-6,11H2,1-2H3,(H2,12,13,14). The highest BCUT2D eigenvalue weighted by molar-refractivity contribution is 5.54.